The molecule has 1 fully saturated rings. The van der Waals surface area contributed by atoms with Gasteiger partial charge in [-0.25, -0.2) is 0 Å². The molecule has 1 aliphatic rings. The van der Waals surface area contributed by atoms with Gasteiger partial charge in [-0.05, 0) is 50.7 Å². The third-order valence-electron chi connectivity index (χ3n) is 3.44. The van der Waals surface area contributed by atoms with Crippen molar-refractivity contribution in [1.82, 2.24) is 0 Å². The molecule has 18 heavy (non-hydrogen) atoms. The van der Waals surface area contributed by atoms with E-state index in [1.165, 1.54) is 37.8 Å². The molecule has 0 aromatic heterocycles. The quantitative estimate of drug-likeness (QED) is 0.680. The number of nitrogens with zero attached hydrogens (tertiary/aromatic N) is 1. The SMILES string of the molecule is CC(C)(C)[C@@H](CO[Si](C)(C)C)N=C1CCCCC1. The van der Waals surface area contributed by atoms with Gasteiger partial charge in [0, 0.05) is 5.71 Å². The van der Waals surface area contributed by atoms with E-state index < -0.39 is 8.32 Å². The van der Waals surface area contributed by atoms with Gasteiger partial charge < -0.3 is 4.43 Å². The number of hydrogen-bond acceptors (Lipinski definition) is 2. The lowest BCUT2D eigenvalue weighted by molar-refractivity contribution is 0.202. The van der Waals surface area contributed by atoms with Crippen LogP contribution in [0, 0.1) is 5.41 Å². The molecule has 106 valence electrons. The molecule has 0 N–H and O–H groups in total. The van der Waals surface area contributed by atoms with Crippen LogP contribution in [0.15, 0.2) is 4.99 Å². The first-order valence-corrected chi connectivity index (χ1v) is 10.8. The van der Waals surface area contributed by atoms with Crippen molar-refractivity contribution in [2.24, 2.45) is 10.4 Å². The van der Waals surface area contributed by atoms with E-state index >= 15 is 0 Å². The molecule has 1 atom stereocenters. The minimum atomic E-state index is -1.43. The van der Waals surface area contributed by atoms with Gasteiger partial charge in [-0.1, -0.05) is 27.2 Å². The van der Waals surface area contributed by atoms with Crippen molar-refractivity contribution in [1.29, 1.82) is 0 Å². The van der Waals surface area contributed by atoms with E-state index in [1.54, 1.807) is 0 Å². The third-order valence-corrected chi connectivity index (χ3v) is 4.48. The van der Waals surface area contributed by atoms with Crippen molar-refractivity contribution in [2.45, 2.75) is 78.6 Å². The Labute approximate surface area is 114 Å². The Morgan fingerprint density at radius 2 is 1.67 bits per heavy atom. The van der Waals surface area contributed by atoms with Gasteiger partial charge in [-0.2, -0.15) is 0 Å². The molecule has 0 aliphatic heterocycles. The fourth-order valence-electron chi connectivity index (χ4n) is 2.12. The molecule has 0 radical (unpaired) electrons. The van der Waals surface area contributed by atoms with Crippen molar-refractivity contribution in [3.05, 3.63) is 0 Å². The van der Waals surface area contributed by atoms with Crippen LogP contribution in [0.1, 0.15) is 52.9 Å². The molecule has 0 heterocycles. The predicted molar refractivity (Wildman–Crippen MR) is 83.1 cm³/mol. The summed E-state index contributed by atoms with van der Waals surface area (Å²) < 4.78 is 6.09. The standard InChI is InChI=1S/C15H31NOSi/c1-15(2,3)14(12-17-18(4,5)6)16-13-10-8-7-9-11-13/h14H,7-12H2,1-6H3/t14-/m1/s1. The Morgan fingerprint density at radius 1 is 1.11 bits per heavy atom. The molecule has 0 spiro atoms. The Bertz CT molecular complexity index is 278. The van der Waals surface area contributed by atoms with Crippen LogP contribution >= 0.6 is 0 Å². The summed E-state index contributed by atoms with van der Waals surface area (Å²) in [5.74, 6) is 0. The summed E-state index contributed by atoms with van der Waals surface area (Å²) in [6.07, 6.45) is 6.44. The van der Waals surface area contributed by atoms with Crippen LogP contribution in [0.2, 0.25) is 19.6 Å². The molecule has 1 saturated carbocycles. The largest absolute Gasteiger partial charge is 0.415 e. The second-order valence-electron chi connectivity index (χ2n) is 7.56. The summed E-state index contributed by atoms with van der Waals surface area (Å²) in [5.41, 5.74) is 1.63. The van der Waals surface area contributed by atoms with Gasteiger partial charge in [0.15, 0.2) is 8.32 Å². The summed E-state index contributed by atoms with van der Waals surface area (Å²) in [5, 5.41) is 0. The number of hydrogen-bond donors (Lipinski definition) is 0. The van der Waals surface area contributed by atoms with Gasteiger partial charge in [0.05, 0.1) is 12.6 Å². The average molecular weight is 270 g/mol. The minimum Gasteiger partial charge on any atom is -0.415 e. The highest BCUT2D eigenvalue weighted by atomic mass is 28.4. The van der Waals surface area contributed by atoms with Crippen LogP contribution in [-0.4, -0.2) is 26.7 Å². The zero-order valence-electron chi connectivity index (χ0n) is 13.2. The van der Waals surface area contributed by atoms with Gasteiger partial charge in [0.25, 0.3) is 0 Å². The van der Waals surface area contributed by atoms with E-state index in [0.717, 1.165) is 6.61 Å². The van der Waals surface area contributed by atoms with E-state index in [2.05, 4.69) is 40.4 Å². The molecular weight excluding hydrogens is 238 g/mol. The number of aliphatic imine (C=N–C) groups is 1. The van der Waals surface area contributed by atoms with Crippen molar-refractivity contribution >= 4 is 14.0 Å². The maximum Gasteiger partial charge on any atom is 0.183 e. The fraction of sp³-hybridized carbons (Fsp3) is 0.933. The van der Waals surface area contributed by atoms with Crippen LogP contribution in [-0.2, 0) is 4.43 Å². The highest BCUT2D eigenvalue weighted by Crippen LogP contribution is 2.26. The summed E-state index contributed by atoms with van der Waals surface area (Å²) in [6, 6.07) is 0.317. The van der Waals surface area contributed by atoms with Crippen molar-refractivity contribution in [3.8, 4) is 0 Å². The third kappa shape index (κ3) is 6.14. The number of rotatable bonds is 4. The van der Waals surface area contributed by atoms with Gasteiger partial charge in [0.1, 0.15) is 0 Å². The normalized spacial score (nSPS) is 19.8. The molecule has 0 amide bonds. The van der Waals surface area contributed by atoms with Gasteiger partial charge in [0.2, 0.25) is 0 Å². The summed E-state index contributed by atoms with van der Waals surface area (Å²) in [4.78, 5) is 5.02. The Balaban J connectivity index is 2.66. The highest BCUT2D eigenvalue weighted by Gasteiger charge is 2.27. The Morgan fingerprint density at radius 3 is 2.11 bits per heavy atom. The first-order valence-electron chi connectivity index (χ1n) is 7.38. The highest BCUT2D eigenvalue weighted by molar-refractivity contribution is 6.69. The van der Waals surface area contributed by atoms with Crippen LogP contribution in [0.3, 0.4) is 0 Å². The molecule has 0 aromatic rings. The van der Waals surface area contributed by atoms with E-state index in [0.29, 0.717) is 6.04 Å². The Hall–Kier alpha value is -0.153. The second-order valence-corrected chi connectivity index (χ2v) is 12.1. The van der Waals surface area contributed by atoms with E-state index in [4.69, 9.17) is 9.42 Å². The van der Waals surface area contributed by atoms with Crippen molar-refractivity contribution in [3.63, 3.8) is 0 Å². The van der Waals surface area contributed by atoms with Crippen LogP contribution < -0.4 is 0 Å². The van der Waals surface area contributed by atoms with E-state index in [1.807, 2.05) is 0 Å². The van der Waals surface area contributed by atoms with Gasteiger partial charge >= 0.3 is 0 Å². The molecule has 0 unspecified atom stereocenters. The fourth-order valence-corrected chi connectivity index (χ4v) is 2.78. The second kappa shape index (κ2) is 6.33. The summed E-state index contributed by atoms with van der Waals surface area (Å²) in [7, 11) is -1.43. The summed E-state index contributed by atoms with van der Waals surface area (Å²) in [6.45, 7) is 14.4. The van der Waals surface area contributed by atoms with Crippen LogP contribution in [0.25, 0.3) is 0 Å². The van der Waals surface area contributed by atoms with Crippen LogP contribution in [0.5, 0.6) is 0 Å². The maximum absolute atomic E-state index is 6.09. The average Bonchev–Trinajstić information content (AvgIpc) is 2.22. The lowest BCUT2D eigenvalue weighted by Gasteiger charge is -2.31. The first-order chi connectivity index (χ1) is 8.18. The minimum absolute atomic E-state index is 0.199. The lowest BCUT2D eigenvalue weighted by atomic mass is 9.87. The smallest absolute Gasteiger partial charge is 0.183 e. The van der Waals surface area contributed by atoms with Gasteiger partial charge in [-0.3, -0.25) is 4.99 Å². The van der Waals surface area contributed by atoms with Crippen molar-refractivity contribution in [2.75, 3.05) is 6.61 Å². The molecule has 0 bridgehead atoms. The molecular formula is C15H31NOSi. The summed E-state index contributed by atoms with van der Waals surface area (Å²) >= 11 is 0. The maximum atomic E-state index is 6.09. The van der Waals surface area contributed by atoms with E-state index in [-0.39, 0.29) is 5.41 Å². The molecule has 1 rings (SSSR count). The molecule has 3 heteroatoms. The van der Waals surface area contributed by atoms with E-state index in [9.17, 15) is 0 Å². The molecule has 1 aliphatic carbocycles. The molecule has 0 aromatic carbocycles. The Kier molecular flexibility index (Phi) is 5.59. The topological polar surface area (TPSA) is 21.6 Å². The zero-order chi connectivity index (χ0) is 13.8. The monoisotopic (exact) mass is 269 g/mol. The zero-order valence-corrected chi connectivity index (χ0v) is 14.2. The van der Waals surface area contributed by atoms with Gasteiger partial charge in [-0.15, -0.1) is 0 Å². The first kappa shape index (κ1) is 15.9. The molecule has 0 saturated heterocycles. The lowest BCUT2D eigenvalue weighted by Crippen LogP contribution is -2.36. The van der Waals surface area contributed by atoms with Crippen LogP contribution in [0.4, 0.5) is 0 Å². The molecule has 2 nitrogen and oxygen atoms in total. The predicted octanol–water partition coefficient (Wildman–Crippen LogP) is 4.66. The van der Waals surface area contributed by atoms with Crippen molar-refractivity contribution < 1.29 is 4.43 Å².